The van der Waals surface area contributed by atoms with E-state index in [1.165, 1.54) is 0 Å². The number of nitrogens with two attached hydrogens (primary N) is 1. The number of aromatic nitrogens is 4. The van der Waals surface area contributed by atoms with Gasteiger partial charge in [-0.1, -0.05) is 6.07 Å². The minimum absolute atomic E-state index is 0.127. The summed E-state index contributed by atoms with van der Waals surface area (Å²) in [5, 5.41) is 7.26. The lowest BCUT2D eigenvalue weighted by atomic mass is 9.96. The fourth-order valence-electron chi connectivity index (χ4n) is 4.97. The molecule has 172 valence electrons. The van der Waals surface area contributed by atoms with Gasteiger partial charge in [0.25, 0.3) is 5.91 Å². The van der Waals surface area contributed by atoms with Gasteiger partial charge in [0.15, 0.2) is 0 Å². The van der Waals surface area contributed by atoms with E-state index in [0.717, 1.165) is 52.1 Å². The number of rotatable bonds is 5. The maximum Gasteiger partial charge on any atom is 0.254 e. The van der Waals surface area contributed by atoms with Gasteiger partial charge in [0.05, 0.1) is 35.4 Å². The number of hydrogen-bond acceptors (Lipinski definition) is 7. The van der Waals surface area contributed by atoms with E-state index in [2.05, 4.69) is 21.7 Å². The molecule has 6 heterocycles. The molecular formula is C25H25N7O2. The highest BCUT2D eigenvalue weighted by Gasteiger charge is 2.28. The Kier molecular flexibility index (Phi) is 5.00. The highest BCUT2D eigenvalue weighted by molar-refractivity contribution is 6.06. The molecule has 1 atom stereocenters. The van der Waals surface area contributed by atoms with E-state index in [-0.39, 0.29) is 5.91 Å². The average molecular weight is 456 g/mol. The second kappa shape index (κ2) is 8.19. The van der Waals surface area contributed by atoms with Crippen molar-refractivity contribution in [3.63, 3.8) is 0 Å². The highest BCUT2D eigenvalue weighted by Crippen LogP contribution is 2.36. The number of nitrogens with zero attached hydrogens (tertiary/aromatic N) is 4. The third-order valence-electron chi connectivity index (χ3n) is 6.69. The van der Waals surface area contributed by atoms with E-state index in [1.54, 1.807) is 12.4 Å². The smallest absolute Gasteiger partial charge is 0.254 e. The first kappa shape index (κ1) is 20.8. The Morgan fingerprint density at radius 3 is 3.00 bits per heavy atom. The first-order valence-corrected chi connectivity index (χ1v) is 11.4. The summed E-state index contributed by atoms with van der Waals surface area (Å²) in [7, 11) is 1.96. The summed E-state index contributed by atoms with van der Waals surface area (Å²) >= 11 is 0. The van der Waals surface area contributed by atoms with Crippen LogP contribution in [0.4, 0.5) is 11.5 Å². The van der Waals surface area contributed by atoms with Crippen LogP contribution in [0.2, 0.25) is 0 Å². The van der Waals surface area contributed by atoms with Crippen molar-refractivity contribution in [1.29, 1.82) is 0 Å². The molecule has 0 unspecified atom stereocenters. The third kappa shape index (κ3) is 3.32. The lowest BCUT2D eigenvalue weighted by Gasteiger charge is -2.16. The van der Waals surface area contributed by atoms with Crippen LogP contribution >= 0.6 is 0 Å². The molecule has 6 rings (SSSR count). The van der Waals surface area contributed by atoms with Crippen molar-refractivity contribution in [3.05, 3.63) is 65.2 Å². The number of amides is 1. The Morgan fingerprint density at radius 2 is 2.18 bits per heavy atom. The van der Waals surface area contributed by atoms with E-state index in [4.69, 9.17) is 20.4 Å². The Hall–Kier alpha value is -3.82. The summed E-state index contributed by atoms with van der Waals surface area (Å²) in [4.78, 5) is 26.8. The van der Waals surface area contributed by atoms with Crippen molar-refractivity contribution < 1.29 is 9.53 Å². The topological polar surface area (TPSA) is 120 Å². The van der Waals surface area contributed by atoms with E-state index in [1.807, 2.05) is 36.0 Å². The molecule has 0 radical (unpaired) electrons. The van der Waals surface area contributed by atoms with Gasteiger partial charge in [-0.25, -0.2) is 9.97 Å². The van der Waals surface area contributed by atoms with Crippen LogP contribution in [0.15, 0.2) is 42.9 Å². The predicted molar refractivity (Wildman–Crippen MR) is 129 cm³/mol. The molecule has 34 heavy (non-hydrogen) atoms. The molecule has 4 aromatic rings. The second-order valence-electron chi connectivity index (χ2n) is 8.70. The molecule has 0 spiro atoms. The zero-order valence-corrected chi connectivity index (χ0v) is 18.8. The van der Waals surface area contributed by atoms with Gasteiger partial charge in [-0.3, -0.25) is 9.78 Å². The Balaban J connectivity index is 1.40. The van der Waals surface area contributed by atoms with Crippen LogP contribution in [0, 0.1) is 0 Å². The zero-order valence-electron chi connectivity index (χ0n) is 18.8. The Bertz CT molecular complexity index is 1420. The second-order valence-corrected chi connectivity index (χ2v) is 8.70. The van der Waals surface area contributed by atoms with Crippen molar-refractivity contribution in [2.75, 3.05) is 18.5 Å². The monoisotopic (exact) mass is 455 g/mol. The molecule has 0 aliphatic carbocycles. The molecule has 9 heteroatoms. The number of carbonyl (C=O) groups excluding carboxylic acids is 1. The van der Waals surface area contributed by atoms with Crippen LogP contribution in [-0.2, 0) is 24.9 Å². The molecule has 4 N–H and O–H groups in total. The van der Waals surface area contributed by atoms with Crippen molar-refractivity contribution in [3.8, 4) is 11.3 Å². The third-order valence-corrected chi connectivity index (χ3v) is 6.69. The van der Waals surface area contributed by atoms with Crippen molar-refractivity contribution >= 4 is 28.4 Å². The first-order valence-electron chi connectivity index (χ1n) is 11.4. The van der Waals surface area contributed by atoms with Gasteiger partial charge in [0.2, 0.25) is 0 Å². The van der Waals surface area contributed by atoms with Gasteiger partial charge in [-0.2, -0.15) is 0 Å². The quantitative estimate of drug-likeness (QED) is 0.423. The number of ether oxygens (including phenoxy) is 1. The number of carbonyl (C=O) groups is 1. The van der Waals surface area contributed by atoms with Crippen LogP contribution in [0.1, 0.15) is 39.5 Å². The summed E-state index contributed by atoms with van der Waals surface area (Å²) in [6, 6.07) is 7.96. The van der Waals surface area contributed by atoms with Crippen LogP contribution in [0.25, 0.3) is 22.3 Å². The van der Waals surface area contributed by atoms with Gasteiger partial charge in [-0.15, -0.1) is 0 Å². The molecule has 0 saturated carbocycles. The Morgan fingerprint density at radius 1 is 1.26 bits per heavy atom. The van der Waals surface area contributed by atoms with Crippen LogP contribution < -0.4 is 16.4 Å². The molecule has 9 nitrogen and oxygen atoms in total. The van der Waals surface area contributed by atoms with E-state index < -0.39 is 0 Å². The number of pyridine rings is 3. The Labute approximate surface area is 196 Å². The summed E-state index contributed by atoms with van der Waals surface area (Å²) in [6.45, 7) is 2.22. The van der Waals surface area contributed by atoms with E-state index >= 15 is 0 Å². The maximum absolute atomic E-state index is 12.8. The molecule has 2 aliphatic rings. The average Bonchev–Trinajstić information content (AvgIpc) is 3.61. The molecule has 4 aromatic heterocycles. The summed E-state index contributed by atoms with van der Waals surface area (Å²) in [6.07, 6.45) is 6.43. The summed E-state index contributed by atoms with van der Waals surface area (Å²) in [5.74, 6) is 0.832. The first-order chi connectivity index (χ1) is 16.6. The molecule has 1 saturated heterocycles. The number of nitrogens with one attached hydrogen (secondary N) is 2. The molecule has 1 amide bonds. The minimum Gasteiger partial charge on any atom is -0.381 e. The van der Waals surface area contributed by atoms with Gasteiger partial charge >= 0.3 is 0 Å². The van der Waals surface area contributed by atoms with Gasteiger partial charge in [0, 0.05) is 61.6 Å². The number of hydrogen-bond donors (Lipinski definition) is 3. The van der Waals surface area contributed by atoms with Crippen molar-refractivity contribution in [2.24, 2.45) is 12.8 Å². The van der Waals surface area contributed by atoms with Crippen LogP contribution in [-0.4, -0.2) is 38.6 Å². The van der Waals surface area contributed by atoms with Crippen LogP contribution in [0.5, 0.6) is 0 Å². The maximum atomic E-state index is 12.8. The lowest BCUT2D eigenvalue weighted by molar-refractivity contribution is 0.0966. The number of anilines is 2. The fraction of sp³-hybridized carbons (Fsp3) is 0.280. The van der Waals surface area contributed by atoms with Crippen LogP contribution in [0.3, 0.4) is 0 Å². The van der Waals surface area contributed by atoms with Crippen molar-refractivity contribution in [2.45, 2.75) is 25.4 Å². The predicted octanol–water partition coefficient (Wildman–Crippen LogP) is 2.98. The van der Waals surface area contributed by atoms with Gasteiger partial charge < -0.3 is 25.7 Å². The van der Waals surface area contributed by atoms with Crippen molar-refractivity contribution in [1.82, 2.24) is 24.8 Å². The standard InChI is InChI=1S/C25H25N7O2/c1-32-8-5-17-16(4-7-27-24(17)32)23-18-11-29-25(33)22(18)20(12-28-23)31-21-3-2-15(19(10-26)30-21)14-6-9-34-13-14/h2-5,7-8,12,14H,6,9-11,13,26H2,1H3,(H,29,33)(H,30,31)/t14-/m1/s1. The molecule has 0 aromatic carbocycles. The van der Waals surface area contributed by atoms with Gasteiger partial charge in [0.1, 0.15) is 11.5 Å². The van der Waals surface area contributed by atoms with E-state index in [9.17, 15) is 4.79 Å². The minimum atomic E-state index is -0.127. The molecule has 2 aliphatic heterocycles. The van der Waals surface area contributed by atoms with E-state index in [0.29, 0.717) is 42.7 Å². The number of fused-ring (bicyclic) bond motifs is 2. The molecule has 1 fully saturated rings. The molecule has 0 bridgehead atoms. The largest absolute Gasteiger partial charge is 0.381 e. The molecular weight excluding hydrogens is 430 g/mol. The summed E-state index contributed by atoms with van der Waals surface area (Å²) < 4.78 is 7.51. The summed E-state index contributed by atoms with van der Waals surface area (Å²) in [5.41, 5.74) is 12.7. The zero-order chi connectivity index (χ0) is 23.2. The highest BCUT2D eigenvalue weighted by atomic mass is 16.5. The number of aryl methyl sites for hydroxylation is 1. The lowest BCUT2D eigenvalue weighted by Crippen LogP contribution is -2.14. The van der Waals surface area contributed by atoms with Gasteiger partial charge in [-0.05, 0) is 30.2 Å². The SMILES string of the molecule is Cn1ccc2c(-c3ncc(Nc4ccc([C@@H]5CCOC5)c(CN)n4)c4c3CNC4=O)ccnc21. The normalized spacial score (nSPS) is 17.2. The fourth-order valence-corrected chi connectivity index (χ4v) is 4.97.